The van der Waals surface area contributed by atoms with E-state index in [9.17, 15) is 22.8 Å². The maximum Gasteiger partial charge on any atom is 0.433 e. The standard InChI is InChI=1S/C24H25F3N4O5/c25-24(26,27)22-4-1-3-18(28-22)20(33)12-16-11-17-14-31(15-23(34)30-5-9-35-10-6-30)29-19(17)13-21(16)36-8-2-7-32/h1,3-4,11,13-14,32H,2,5-10,12,15H2. The Labute approximate surface area is 204 Å². The highest BCUT2D eigenvalue weighted by atomic mass is 19.4. The molecule has 2 aromatic heterocycles. The molecular formula is C24H25F3N4O5. The largest absolute Gasteiger partial charge is 0.493 e. The summed E-state index contributed by atoms with van der Waals surface area (Å²) in [6.45, 7) is 2.09. The average molecular weight is 506 g/mol. The van der Waals surface area contributed by atoms with Crippen molar-refractivity contribution in [2.24, 2.45) is 0 Å². The Morgan fingerprint density at radius 3 is 2.67 bits per heavy atom. The molecule has 0 radical (unpaired) electrons. The highest BCUT2D eigenvalue weighted by Gasteiger charge is 2.33. The lowest BCUT2D eigenvalue weighted by molar-refractivity contribution is -0.141. The van der Waals surface area contributed by atoms with Crippen molar-refractivity contribution in [1.29, 1.82) is 0 Å². The van der Waals surface area contributed by atoms with Gasteiger partial charge >= 0.3 is 6.18 Å². The first-order valence-electron chi connectivity index (χ1n) is 11.4. The zero-order valence-electron chi connectivity index (χ0n) is 19.3. The maximum absolute atomic E-state index is 13.0. The van der Waals surface area contributed by atoms with Crippen LogP contribution >= 0.6 is 0 Å². The Kier molecular flexibility index (Phi) is 7.85. The summed E-state index contributed by atoms with van der Waals surface area (Å²) in [6.07, 6.45) is -2.90. The molecule has 0 saturated carbocycles. The predicted molar refractivity (Wildman–Crippen MR) is 122 cm³/mol. The van der Waals surface area contributed by atoms with Crippen LogP contribution in [0.1, 0.15) is 28.2 Å². The number of alkyl halides is 3. The lowest BCUT2D eigenvalue weighted by Gasteiger charge is -2.26. The number of ether oxygens (including phenoxy) is 2. The van der Waals surface area contributed by atoms with Gasteiger partial charge in [-0.3, -0.25) is 14.3 Å². The molecule has 1 aromatic carbocycles. The Morgan fingerprint density at radius 1 is 1.17 bits per heavy atom. The minimum absolute atomic E-state index is 0.0256. The predicted octanol–water partition coefficient (Wildman–Crippen LogP) is 2.50. The number of Topliss-reactive ketones (excluding diaryl/α,β-unsaturated/α-hetero) is 1. The first kappa shape index (κ1) is 25.6. The van der Waals surface area contributed by atoms with E-state index in [0.29, 0.717) is 54.9 Å². The topological polar surface area (TPSA) is 107 Å². The van der Waals surface area contributed by atoms with Crippen LogP contribution in [0.25, 0.3) is 10.9 Å². The molecular weight excluding hydrogens is 481 g/mol. The average Bonchev–Trinajstić information content (AvgIpc) is 3.25. The van der Waals surface area contributed by atoms with Gasteiger partial charge in [0.1, 0.15) is 23.7 Å². The summed E-state index contributed by atoms with van der Waals surface area (Å²) in [5.74, 6) is -0.389. The molecule has 0 bridgehead atoms. The van der Waals surface area contributed by atoms with Crippen molar-refractivity contribution in [3.05, 3.63) is 53.5 Å². The van der Waals surface area contributed by atoms with Crippen molar-refractivity contribution < 1.29 is 37.3 Å². The smallest absolute Gasteiger partial charge is 0.433 e. The fourth-order valence-corrected chi connectivity index (χ4v) is 3.81. The molecule has 1 N–H and O–H groups in total. The van der Waals surface area contributed by atoms with Gasteiger partial charge in [0.25, 0.3) is 0 Å². The normalized spacial score (nSPS) is 14.3. The van der Waals surface area contributed by atoms with Crippen LogP contribution in [0.3, 0.4) is 0 Å². The third-order valence-corrected chi connectivity index (χ3v) is 5.63. The minimum Gasteiger partial charge on any atom is -0.493 e. The molecule has 9 nitrogen and oxygen atoms in total. The number of aliphatic hydroxyl groups excluding tert-OH is 1. The molecule has 12 heteroatoms. The number of hydrogen-bond donors (Lipinski definition) is 1. The summed E-state index contributed by atoms with van der Waals surface area (Å²) in [5, 5.41) is 14.1. The van der Waals surface area contributed by atoms with Crippen molar-refractivity contribution in [3.8, 4) is 5.75 Å². The molecule has 192 valence electrons. The number of hydrogen-bond acceptors (Lipinski definition) is 7. The highest BCUT2D eigenvalue weighted by molar-refractivity contribution is 5.97. The van der Waals surface area contributed by atoms with Crippen LogP contribution in [0.5, 0.6) is 5.75 Å². The Morgan fingerprint density at radius 2 is 1.94 bits per heavy atom. The lowest BCUT2D eigenvalue weighted by Crippen LogP contribution is -2.42. The summed E-state index contributed by atoms with van der Waals surface area (Å²) < 4.78 is 51.6. The van der Waals surface area contributed by atoms with Gasteiger partial charge in [-0.1, -0.05) is 6.07 Å². The van der Waals surface area contributed by atoms with Crippen LogP contribution in [-0.2, 0) is 28.7 Å². The van der Waals surface area contributed by atoms with Crippen molar-refractivity contribution >= 4 is 22.6 Å². The molecule has 1 aliphatic rings. The van der Waals surface area contributed by atoms with Gasteiger partial charge in [-0.25, -0.2) is 4.98 Å². The molecule has 0 spiro atoms. The number of benzene rings is 1. The number of fused-ring (bicyclic) bond motifs is 1. The quantitative estimate of drug-likeness (QED) is 0.351. The molecule has 4 rings (SSSR count). The number of rotatable bonds is 9. The number of pyridine rings is 1. The molecule has 36 heavy (non-hydrogen) atoms. The van der Waals surface area contributed by atoms with E-state index in [-0.39, 0.29) is 37.8 Å². The van der Waals surface area contributed by atoms with Crippen molar-refractivity contribution in [2.75, 3.05) is 39.5 Å². The van der Waals surface area contributed by atoms with Crippen molar-refractivity contribution in [1.82, 2.24) is 19.7 Å². The fourth-order valence-electron chi connectivity index (χ4n) is 3.81. The molecule has 0 aliphatic carbocycles. The first-order valence-corrected chi connectivity index (χ1v) is 11.4. The first-order chi connectivity index (χ1) is 17.2. The van der Waals surface area contributed by atoms with E-state index in [0.717, 1.165) is 12.1 Å². The second kappa shape index (κ2) is 11.0. The number of ketones is 1. The van der Waals surface area contributed by atoms with Crippen LogP contribution in [0.4, 0.5) is 13.2 Å². The van der Waals surface area contributed by atoms with Crippen LogP contribution in [0.15, 0.2) is 36.5 Å². The van der Waals surface area contributed by atoms with Crippen molar-refractivity contribution in [3.63, 3.8) is 0 Å². The van der Waals surface area contributed by atoms with E-state index in [1.54, 1.807) is 23.2 Å². The molecule has 0 atom stereocenters. The molecule has 1 fully saturated rings. The molecule has 1 amide bonds. The zero-order valence-corrected chi connectivity index (χ0v) is 19.3. The lowest BCUT2D eigenvalue weighted by atomic mass is 10.0. The van der Waals surface area contributed by atoms with Crippen LogP contribution < -0.4 is 4.74 Å². The van der Waals surface area contributed by atoms with Gasteiger partial charge < -0.3 is 19.5 Å². The van der Waals surface area contributed by atoms with Crippen LogP contribution in [0.2, 0.25) is 0 Å². The SMILES string of the molecule is O=C(Cc1cc2cn(CC(=O)N3CCOCC3)nc2cc1OCCCO)c1cccc(C(F)(F)F)n1. The number of halogens is 3. The zero-order chi connectivity index (χ0) is 25.7. The van der Waals surface area contributed by atoms with Gasteiger partial charge in [0.2, 0.25) is 5.91 Å². The summed E-state index contributed by atoms with van der Waals surface area (Å²) in [5.41, 5.74) is -0.492. The van der Waals surface area contributed by atoms with Crippen LogP contribution in [-0.4, -0.2) is 76.0 Å². The number of carbonyl (C=O) groups is 2. The Balaban J connectivity index is 1.58. The summed E-state index contributed by atoms with van der Waals surface area (Å²) in [7, 11) is 0. The molecule has 3 aromatic rings. The van der Waals surface area contributed by atoms with Gasteiger partial charge in [0.05, 0.1) is 25.3 Å². The number of aromatic nitrogens is 3. The highest BCUT2D eigenvalue weighted by Crippen LogP contribution is 2.29. The number of amides is 1. The van der Waals surface area contributed by atoms with E-state index < -0.39 is 17.7 Å². The third-order valence-electron chi connectivity index (χ3n) is 5.63. The van der Waals surface area contributed by atoms with Gasteiger partial charge in [-0.05, 0) is 18.2 Å². The third kappa shape index (κ3) is 6.18. The number of aliphatic hydroxyl groups is 1. The summed E-state index contributed by atoms with van der Waals surface area (Å²) in [6, 6.07) is 6.46. The fraction of sp³-hybridized carbons (Fsp3) is 0.417. The summed E-state index contributed by atoms with van der Waals surface area (Å²) in [4.78, 5) is 30.6. The van der Waals surface area contributed by atoms with E-state index in [2.05, 4.69) is 10.1 Å². The molecule has 3 heterocycles. The Bertz CT molecular complexity index is 1240. The summed E-state index contributed by atoms with van der Waals surface area (Å²) >= 11 is 0. The van der Waals surface area contributed by atoms with Gasteiger partial charge in [-0.15, -0.1) is 0 Å². The second-order valence-corrected chi connectivity index (χ2v) is 8.27. The number of nitrogens with zero attached hydrogens (tertiary/aromatic N) is 4. The molecule has 0 unspecified atom stereocenters. The van der Waals surface area contributed by atoms with E-state index in [1.165, 1.54) is 10.7 Å². The van der Waals surface area contributed by atoms with Gasteiger partial charge in [0.15, 0.2) is 5.78 Å². The number of carbonyl (C=O) groups excluding carboxylic acids is 2. The monoisotopic (exact) mass is 506 g/mol. The van der Waals surface area contributed by atoms with Gasteiger partial charge in [0, 0.05) is 55.8 Å². The molecule has 1 saturated heterocycles. The minimum atomic E-state index is -4.67. The second-order valence-electron chi connectivity index (χ2n) is 8.27. The van der Waals surface area contributed by atoms with Crippen molar-refractivity contribution in [2.45, 2.75) is 25.6 Å². The number of morpholine rings is 1. The Hall–Kier alpha value is -3.51. The maximum atomic E-state index is 13.0. The van der Waals surface area contributed by atoms with Gasteiger partial charge in [-0.2, -0.15) is 18.3 Å². The van der Waals surface area contributed by atoms with E-state index >= 15 is 0 Å². The van der Waals surface area contributed by atoms with E-state index in [4.69, 9.17) is 14.6 Å². The van der Waals surface area contributed by atoms with E-state index in [1.807, 2.05) is 0 Å². The van der Waals surface area contributed by atoms with Crippen LogP contribution in [0, 0.1) is 0 Å². The molecule has 1 aliphatic heterocycles.